The van der Waals surface area contributed by atoms with E-state index in [0.29, 0.717) is 24.0 Å². The van der Waals surface area contributed by atoms with Crippen molar-refractivity contribution >= 4 is 11.6 Å². The molecule has 0 fully saturated rings. The number of para-hydroxylation sites is 1. The van der Waals surface area contributed by atoms with Crippen molar-refractivity contribution in [2.45, 2.75) is 19.3 Å². The summed E-state index contributed by atoms with van der Waals surface area (Å²) in [7, 11) is 0. The molecule has 0 bridgehead atoms. The van der Waals surface area contributed by atoms with Crippen LogP contribution in [0.25, 0.3) is 5.82 Å². The number of hydrogen-bond acceptors (Lipinski definition) is 3. The molecule has 1 aliphatic heterocycles. The van der Waals surface area contributed by atoms with Crippen LogP contribution in [0.15, 0.2) is 60.9 Å². The van der Waals surface area contributed by atoms with Gasteiger partial charge in [-0.2, -0.15) is 5.10 Å². The number of pyridine rings is 1. The summed E-state index contributed by atoms with van der Waals surface area (Å²) in [6.45, 7) is 2.92. The molecule has 24 heavy (non-hydrogen) atoms. The molecule has 0 radical (unpaired) electrons. The van der Waals surface area contributed by atoms with Crippen molar-refractivity contribution < 1.29 is 4.79 Å². The SMILES string of the molecule is CC1CCN(C(=O)c2cccc(-n3cccn3)n2)c2ccccc21. The second-order valence-corrected chi connectivity index (χ2v) is 6.04. The molecule has 0 aliphatic carbocycles. The monoisotopic (exact) mass is 318 g/mol. The van der Waals surface area contributed by atoms with Gasteiger partial charge in [0.25, 0.3) is 5.91 Å². The summed E-state index contributed by atoms with van der Waals surface area (Å²) in [6, 6.07) is 15.4. The Balaban J connectivity index is 1.70. The van der Waals surface area contributed by atoms with E-state index in [-0.39, 0.29) is 5.91 Å². The minimum absolute atomic E-state index is 0.0663. The van der Waals surface area contributed by atoms with Crippen molar-refractivity contribution in [3.8, 4) is 5.82 Å². The minimum atomic E-state index is -0.0663. The minimum Gasteiger partial charge on any atom is -0.307 e. The molecule has 1 aromatic carbocycles. The number of anilines is 1. The van der Waals surface area contributed by atoms with Crippen LogP contribution < -0.4 is 4.90 Å². The van der Waals surface area contributed by atoms with Crippen LogP contribution in [0, 0.1) is 0 Å². The van der Waals surface area contributed by atoms with Crippen LogP contribution in [0.2, 0.25) is 0 Å². The zero-order valence-electron chi connectivity index (χ0n) is 13.5. The number of carbonyl (C=O) groups is 1. The number of fused-ring (bicyclic) bond motifs is 1. The van der Waals surface area contributed by atoms with Gasteiger partial charge in [0.2, 0.25) is 0 Å². The zero-order chi connectivity index (χ0) is 16.5. The molecule has 5 heteroatoms. The van der Waals surface area contributed by atoms with E-state index in [2.05, 4.69) is 23.1 Å². The molecule has 0 spiro atoms. The Morgan fingerprint density at radius 3 is 2.83 bits per heavy atom. The van der Waals surface area contributed by atoms with Crippen LogP contribution in [-0.2, 0) is 0 Å². The van der Waals surface area contributed by atoms with E-state index in [1.807, 2.05) is 47.5 Å². The highest BCUT2D eigenvalue weighted by Crippen LogP contribution is 2.35. The summed E-state index contributed by atoms with van der Waals surface area (Å²) in [5.41, 5.74) is 2.65. The molecule has 1 amide bonds. The Kier molecular flexibility index (Phi) is 3.61. The van der Waals surface area contributed by atoms with Crippen molar-refractivity contribution in [2.24, 2.45) is 0 Å². The van der Waals surface area contributed by atoms with Gasteiger partial charge >= 0.3 is 0 Å². The Hall–Kier alpha value is -2.95. The molecule has 0 saturated heterocycles. The fourth-order valence-electron chi connectivity index (χ4n) is 3.17. The van der Waals surface area contributed by atoms with Gasteiger partial charge in [0.15, 0.2) is 5.82 Å². The highest BCUT2D eigenvalue weighted by atomic mass is 16.2. The average Bonchev–Trinajstić information content (AvgIpc) is 3.17. The Morgan fingerprint density at radius 2 is 2.00 bits per heavy atom. The van der Waals surface area contributed by atoms with Crippen LogP contribution in [0.1, 0.15) is 35.3 Å². The van der Waals surface area contributed by atoms with Gasteiger partial charge < -0.3 is 4.90 Å². The van der Waals surface area contributed by atoms with Crippen molar-refractivity contribution in [3.63, 3.8) is 0 Å². The first kappa shape index (κ1) is 14.6. The van der Waals surface area contributed by atoms with E-state index < -0.39 is 0 Å². The van der Waals surface area contributed by atoms with Crippen molar-refractivity contribution in [1.29, 1.82) is 0 Å². The molecule has 1 atom stereocenters. The Labute approximate surface area is 140 Å². The molecular formula is C19H18N4O. The molecule has 5 nitrogen and oxygen atoms in total. The fourth-order valence-corrected chi connectivity index (χ4v) is 3.17. The first-order valence-corrected chi connectivity index (χ1v) is 8.12. The van der Waals surface area contributed by atoms with Gasteiger partial charge in [0, 0.05) is 24.6 Å². The fraction of sp³-hybridized carbons (Fsp3) is 0.211. The molecule has 1 aliphatic rings. The number of hydrogen-bond donors (Lipinski definition) is 0. The van der Waals surface area contributed by atoms with Gasteiger partial charge in [-0.1, -0.05) is 31.2 Å². The third-order valence-corrected chi connectivity index (χ3v) is 4.48. The van der Waals surface area contributed by atoms with E-state index in [0.717, 1.165) is 12.1 Å². The van der Waals surface area contributed by atoms with Gasteiger partial charge in [-0.05, 0) is 42.2 Å². The maximum Gasteiger partial charge on any atom is 0.276 e. The van der Waals surface area contributed by atoms with Gasteiger partial charge in [-0.25, -0.2) is 9.67 Å². The second-order valence-electron chi connectivity index (χ2n) is 6.04. The third-order valence-electron chi connectivity index (χ3n) is 4.48. The molecule has 3 heterocycles. The lowest BCUT2D eigenvalue weighted by Gasteiger charge is -2.32. The quantitative estimate of drug-likeness (QED) is 0.727. The first-order chi connectivity index (χ1) is 11.7. The highest BCUT2D eigenvalue weighted by Gasteiger charge is 2.27. The summed E-state index contributed by atoms with van der Waals surface area (Å²) >= 11 is 0. The lowest BCUT2D eigenvalue weighted by molar-refractivity contribution is 0.0979. The zero-order valence-corrected chi connectivity index (χ0v) is 13.5. The third kappa shape index (κ3) is 2.48. The van der Waals surface area contributed by atoms with Crippen molar-refractivity contribution in [3.05, 3.63) is 72.2 Å². The highest BCUT2D eigenvalue weighted by molar-refractivity contribution is 6.05. The number of rotatable bonds is 2. The van der Waals surface area contributed by atoms with Gasteiger partial charge in [-0.15, -0.1) is 0 Å². The van der Waals surface area contributed by atoms with Gasteiger partial charge in [0.05, 0.1) is 0 Å². The molecule has 0 N–H and O–H groups in total. The first-order valence-electron chi connectivity index (χ1n) is 8.12. The molecule has 3 aromatic rings. The normalized spacial score (nSPS) is 16.7. The average molecular weight is 318 g/mol. The van der Waals surface area contributed by atoms with E-state index in [4.69, 9.17) is 0 Å². The lowest BCUT2D eigenvalue weighted by Crippen LogP contribution is -2.36. The van der Waals surface area contributed by atoms with Crippen LogP contribution in [0.3, 0.4) is 0 Å². The molecular weight excluding hydrogens is 300 g/mol. The van der Waals surface area contributed by atoms with Crippen LogP contribution in [0.4, 0.5) is 5.69 Å². The number of benzene rings is 1. The van der Waals surface area contributed by atoms with Crippen LogP contribution >= 0.6 is 0 Å². The molecule has 2 aromatic heterocycles. The second kappa shape index (κ2) is 5.92. The standard InChI is InChI=1S/C19H18N4O/c1-14-10-13-22(17-8-3-2-6-15(14)17)19(24)16-7-4-9-18(21-16)23-12-5-11-20-23/h2-9,11-12,14H,10,13H2,1H3. The number of amides is 1. The number of carbonyl (C=O) groups excluding carboxylic acids is 1. The summed E-state index contributed by atoms with van der Waals surface area (Å²) in [5, 5.41) is 4.17. The Morgan fingerprint density at radius 1 is 1.12 bits per heavy atom. The molecule has 120 valence electrons. The Bertz CT molecular complexity index is 873. The van der Waals surface area contributed by atoms with Crippen molar-refractivity contribution in [2.75, 3.05) is 11.4 Å². The smallest absolute Gasteiger partial charge is 0.276 e. The summed E-state index contributed by atoms with van der Waals surface area (Å²) in [4.78, 5) is 19.4. The maximum absolute atomic E-state index is 13.0. The predicted octanol–water partition coefficient (Wildman–Crippen LogP) is 3.42. The van der Waals surface area contributed by atoms with E-state index in [9.17, 15) is 4.79 Å². The van der Waals surface area contributed by atoms with Gasteiger partial charge in [-0.3, -0.25) is 4.79 Å². The summed E-state index contributed by atoms with van der Waals surface area (Å²) in [5.74, 6) is 1.04. The van der Waals surface area contributed by atoms with E-state index in [1.54, 1.807) is 16.9 Å². The molecule has 0 saturated carbocycles. The number of aromatic nitrogens is 3. The van der Waals surface area contributed by atoms with Crippen LogP contribution in [0.5, 0.6) is 0 Å². The maximum atomic E-state index is 13.0. The number of nitrogens with zero attached hydrogens (tertiary/aromatic N) is 4. The van der Waals surface area contributed by atoms with E-state index >= 15 is 0 Å². The lowest BCUT2D eigenvalue weighted by atomic mass is 9.91. The predicted molar refractivity (Wildman–Crippen MR) is 92.5 cm³/mol. The van der Waals surface area contributed by atoms with E-state index in [1.165, 1.54) is 5.56 Å². The largest absolute Gasteiger partial charge is 0.307 e. The summed E-state index contributed by atoms with van der Waals surface area (Å²) < 4.78 is 1.66. The summed E-state index contributed by atoms with van der Waals surface area (Å²) in [6.07, 6.45) is 4.47. The van der Waals surface area contributed by atoms with Crippen molar-refractivity contribution in [1.82, 2.24) is 14.8 Å². The van der Waals surface area contributed by atoms with Crippen LogP contribution in [-0.4, -0.2) is 27.2 Å². The van der Waals surface area contributed by atoms with Gasteiger partial charge in [0.1, 0.15) is 5.69 Å². The molecule has 4 rings (SSSR count). The topological polar surface area (TPSA) is 51.0 Å². The molecule has 1 unspecified atom stereocenters.